The Morgan fingerprint density at radius 3 is 3.00 bits per heavy atom. The number of rotatable bonds is 0. The molecule has 0 aliphatic heterocycles. The molecular weight excluding hydrogens is 187 g/mol. The quantitative estimate of drug-likeness (QED) is 0.594. The molecule has 2 aromatic heterocycles. The van der Waals surface area contributed by atoms with Crippen LogP contribution in [-0.4, -0.2) is 9.97 Å². The Kier molecular flexibility index (Phi) is 1.51. The summed E-state index contributed by atoms with van der Waals surface area (Å²) in [5.41, 5.74) is 0. The van der Waals surface area contributed by atoms with Crippen LogP contribution in [0.2, 0.25) is 5.02 Å². The van der Waals surface area contributed by atoms with Crippen molar-refractivity contribution < 1.29 is 4.39 Å². The van der Waals surface area contributed by atoms with Crippen molar-refractivity contribution in [1.82, 2.24) is 9.97 Å². The predicted molar refractivity (Wildman–Crippen MR) is 42.4 cm³/mol. The van der Waals surface area contributed by atoms with Crippen LogP contribution in [0, 0.1) is 5.95 Å². The molecule has 2 aromatic rings. The van der Waals surface area contributed by atoms with E-state index in [-0.39, 0.29) is 0 Å². The average molecular weight is 189 g/mol. The van der Waals surface area contributed by atoms with Gasteiger partial charge in [0, 0.05) is 5.38 Å². The third kappa shape index (κ3) is 0.985. The van der Waals surface area contributed by atoms with Crippen molar-refractivity contribution in [3.05, 3.63) is 22.7 Å². The van der Waals surface area contributed by atoms with Gasteiger partial charge in [0.25, 0.3) is 0 Å². The highest BCUT2D eigenvalue weighted by Gasteiger charge is 2.08. The number of hydrogen-bond acceptors (Lipinski definition) is 3. The lowest BCUT2D eigenvalue weighted by molar-refractivity contribution is 0.594. The van der Waals surface area contributed by atoms with Crippen molar-refractivity contribution in [1.29, 1.82) is 0 Å². The normalized spacial score (nSPS) is 10.7. The first kappa shape index (κ1) is 6.94. The predicted octanol–water partition coefficient (Wildman–Crippen LogP) is 2.48. The summed E-state index contributed by atoms with van der Waals surface area (Å²) < 4.78 is 12.9. The summed E-state index contributed by atoms with van der Waals surface area (Å²) in [6.07, 6.45) is 1.19. The minimum absolute atomic E-state index is 0.319. The second kappa shape index (κ2) is 2.39. The second-order valence-electron chi connectivity index (χ2n) is 1.93. The van der Waals surface area contributed by atoms with Gasteiger partial charge < -0.3 is 0 Å². The van der Waals surface area contributed by atoms with E-state index in [1.165, 1.54) is 17.7 Å². The minimum Gasteiger partial charge on any atom is -0.225 e. The van der Waals surface area contributed by atoms with Gasteiger partial charge in [0.15, 0.2) is 0 Å². The maximum Gasteiger partial charge on any atom is 0.226 e. The van der Waals surface area contributed by atoms with Crippen LogP contribution in [0.4, 0.5) is 4.39 Å². The smallest absolute Gasteiger partial charge is 0.225 e. The molecule has 0 bridgehead atoms. The van der Waals surface area contributed by atoms with Crippen molar-refractivity contribution in [3.63, 3.8) is 0 Å². The monoisotopic (exact) mass is 188 g/mol. The number of fused-ring (bicyclic) bond motifs is 1. The molecule has 0 fully saturated rings. The fourth-order valence-electron chi connectivity index (χ4n) is 0.806. The molecule has 2 nitrogen and oxygen atoms in total. The second-order valence-corrected chi connectivity index (χ2v) is 3.19. The maximum absolute atomic E-state index is 12.9. The molecule has 0 aliphatic carbocycles. The first-order valence-electron chi connectivity index (χ1n) is 2.82. The summed E-state index contributed by atoms with van der Waals surface area (Å²) in [5, 5.41) is 2.34. The molecule has 0 saturated carbocycles. The minimum atomic E-state index is -0.554. The van der Waals surface area contributed by atoms with Crippen LogP contribution in [0.25, 0.3) is 10.2 Å². The molecular formula is C6H2ClFN2S. The zero-order valence-electron chi connectivity index (χ0n) is 5.21. The summed E-state index contributed by atoms with van der Waals surface area (Å²) in [5.74, 6) is -0.554. The summed E-state index contributed by atoms with van der Waals surface area (Å²) in [7, 11) is 0. The number of aromatic nitrogens is 2. The first-order chi connectivity index (χ1) is 5.29. The molecule has 0 spiro atoms. The van der Waals surface area contributed by atoms with Gasteiger partial charge in [-0.05, 0) is 0 Å². The van der Waals surface area contributed by atoms with Crippen molar-refractivity contribution in [2.24, 2.45) is 0 Å². The standard InChI is InChI=1S/C6H2ClFN2S/c7-3-1-11-6-4(3)5(8)9-2-10-6/h1-2H. The number of nitrogens with zero attached hydrogens (tertiary/aromatic N) is 2. The Labute approximate surface area is 70.7 Å². The average Bonchev–Trinajstić information content (AvgIpc) is 2.34. The van der Waals surface area contributed by atoms with Crippen molar-refractivity contribution in [2.45, 2.75) is 0 Å². The van der Waals surface area contributed by atoms with Gasteiger partial charge in [-0.1, -0.05) is 11.6 Å². The SMILES string of the molecule is Fc1ncnc2scc(Cl)c12. The van der Waals surface area contributed by atoms with Gasteiger partial charge in [-0.3, -0.25) is 0 Å². The van der Waals surface area contributed by atoms with Gasteiger partial charge in [0.1, 0.15) is 11.2 Å². The fraction of sp³-hybridized carbons (Fsp3) is 0. The molecule has 0 amide bonds. The van der Waals surface area contributed by atoms with E-state index < -0.39 is 5.95 Å². The van der Waals surface area contributed by atoms with E-state index in [0.29, 0.717) is 15.2 Å². The molecule has 0 N–H and O–H groups in total. The Hall–Kier alpha value is -0.740. The lowest BCUT2D eigenvalue weighted by Gasteiger charge is -1.88. The molecule has 0 saturated heterocycles. The van der Waals surface area contributed by atoms with E-state index in [2.05, 4.69) is 9.97 Å². The Morgan fingerprint density at radius 1 is 1.45 bits per heavy atom. The zero-order chi connectivity index (χ0) is 7.84. The molecule has 0 atom stereocenters. The van der Waals surface area contributed by atoms with E-state index in [9.17, 15) is 4.39 Å². The summed E-state index contributed by atoms with van der Waals surface area (Å²) in [6, 6.07) is 0. The van der Waals surface area contributed by atoms with E-state index in [1.54, 1.807) is 5.38 Å². The lowest BCUT2D eigenvalue weighted by Crippen LogP contribution is -1.83. The first-order valence-corrected chi connectivity index (χ1v) is 4.08. The number of thiophene rings is 1. The maximum atomic E-state index is 12.9. The Balaban J connectivity index is 2.96. The van der Waals surface area contributed by atoms with Crippen molar-refractivity contribution >= 4 is 33.2 Å². The van der Waals surface area contributed by atoms with Crippen LogP contribution in [0.5, 0.6) is 0 Å². The topological polar surface area (TPSA) is 25.8 Å². The van der Waals surface area contributed by atoms with Crippen molar-refractivity contribution in [3.8, 4) is 0 Å². The molecule has 0 aromatic carbocycles. The molecule has 0 unspecified atom stereocenters. The molecule has 0 radical (unpaired) electrons. The van der Waals surface area contributed by atoms with Gasteiger partial charge in [-0.25, -0.2) is 9.97 Å². The zero-order valence-corrected chi connectivity index (χ0v) is 6.79. The third-order valence-electron chi connectivity index (χ3n) is 1.28. The van der Waals surface area contributed by atoms with Crippen LogP contribution in [0.1, 0.15) is 0 Å². The van der Waals surface area contributed by atoms with Crippen LogP contribution < -0.4 is 0 Å². The largest absolute Gasteiger partial charge is 0.226 e. The highest BCUT2D eigenvalue weighted by atomic mass is 35.5. The molecule has 2 rings (SSSR count). The molecule has 11 heavy (non-hydrogen) atoms. The fourth-order valence-corrected chi connectivity index (χ4v) is 1.92. The summed E-state index contributed by atoms with van der Waals surface area (Å²) >= 11 is 6.97. The molecule has 56 valence electrons. The number of halogens is 2. The van der Waals surface area contributed by atoms with Crippen LogP contribution >= 0.6 is 22.9 Å². The van der Waals surface area contributed by atoms with Gasteiger partial charge in [-0.15, -0.1) is 11.3 Å². The van der Waals surface area contributed by atoms with E-state index in [4.69, 9.17) is 11.6 Å². The lowest BCUT2D eigenvalue weighted by atomic mass is 10.4. The summed E-state index contributed by atoms with van der Waals surface area (Å²) in [6.45, 7) is 0. The van der Waals surface area contributed by atoms with Gasteiger partial charge >= 0.3 is 0 Å². The Bertz CT molecular complexity index is 400. The van der Waals surface area contributed by atoms with Gasteiger partial charge in [0.2, 0.25) is 5.95 Å². The molecule has 2 heterocycles. The van der Waals surface area contributed by atoms with Crippen LogP contribution in [-0.2, 0) is 0 Å². The summed E-state index contributed by atoms with van der Waals surface area (Å²) in [4.78, 5) is 7.82. The highest BCUT2D eigenvalue weighted by molar-refractivity contribution is 7.17. The van der Waals surface area contributed by atoms with E-state index in [1.807, 2.05) is 0 Å². The van der Waals surface area contributed by atoms with Crippen LogP contribution in [0.3, 0.4) is 0 Å². The number of hydrogen-bond donors (Lipinski definition) is 0. The van der Waals surface area contributed by atoms with Crippen molar-refractivity contribution in [2.75, 3.05) is 0 Å². The molecule has 0 aliphatic rings. The van der Waals surface area contributed by atoms with Crippen LogP contribution in [0.15, 0.2) is 11.7 Å². The van der Waals surface area contributed by atoms with E-state index >= 15 is 0 Å². The molecule has 5 heteroatoms. The Morgan fingerprint density at radius 2 is 2.27 bits per heavy atom. The highest BCUT2D eigenvalue weighted by Crippen LogP contribution is 2.28. The van der Waals surface area contributed by atoms with Gasteiger partial charge in [-0.2, -0.15) is 4.39 Å². The third-order valence-corrected chi connectivity index (χ3v) is 2.59. The van der Waals surface area contributed by atoms with Gasteiger partial charge in [0.05, 0.1) is 10.4 Å². The van der Waals surface area contributed by atoms with E-state index in [0.717, 1.165) is 0 Å².